The second-order valence-electron chi connectivity index (χ2n) is 8.33. The number of nitrogens with zero attached hydrogens (tertiary/aromatic N) is 3. The Bertz CT molecular complexity index is 1200. The number of rotatable bonds is 7. The van der Waals surface area contributed by atoms with Crippen LogP contribution in [0.1, 0.15) is 48.2 Å². The van der Waals surface area contributed by atoms with Gasteiger partial charge in [-0.1, -0.05) is 0 Å². The molecule has 1 fully saturated rings. The summed E-state index contributed by atoms with van der Waals surface area (Å²) in [5.41, 5.74) is 2.16. The van der Waals surface area contributed by atoms with Crippen molar-refractivity contribution in [3.05, 3.63) is 59.2 Å². The fourth-order valence-corrected chi connectivity index (χ4v) is 5.67. The molecule has 2 aromatic carbocycles. The van der Waals surface area contributed by atoms with E-state index in [1.54, 1.807) is 30.0 Å². The second kappa shape index (κ2) is 10.8. The van der Waals surface area contributed by atoms with E-state index in [1.807, 2.05) is 13.8 Å². The molecule has 1 saturated heterocycles. The Kier molecular flexibility index (Phi) is 8.07. The summed E-state index contributed by atoms with van der Waals surface area (Å²) in [6.45, 7) is 7.36. The van der Waals surface area contributed by atoms with E-state index >= 15 is 0 Å². The Morgan fingerprint density at radius 2 is 1.82 bits per heavy atom. The van der Waals surface area contributed by atoms with E-state index in [-0.39, 0.29) is 29.2 Å². The fraction of sp³-hybridized carbons (Fsp3) is 0.400. The van der Waals surface area contributed by atoms with E-state index in [4.69, 9.17) is 5.26 Å². The molecular weight excluding hydrogens is 452 g/mol. The van der Waals surface area contributed by atoms with Crippen molar-refractivity contribution in [1.29, 1.82) is 5.26 Å². The lowest BCUT2D eigenvalue weighted by Crippen LogP contribution is -2.46. The molecule has 180 valence electrons. The van der Waals surface area contributed by atoms with Gasteiger partial charge in [-0.3, -0.25) is 9.59 Å². The van der Waals surface area contributed by atoms with Crippen molar-refractivity contribution in [3.63, 3.8) is 0 Å². The van der Waals surface area contributed by atoms with Crippen LogP contribution in [0.4, 0.5) is 5.69 Å². The van der Waals surface area contributed by atoms with Crippen molar-refractivity contribution in [1.82, 2.24) is 9.21 Å². The number of nitrogens with one attached hydrogen (secondary N) is 1. The molecule has 9 heteroatoms. The molecular formula is C25H30N4O4S. The molecule has 0 bridgehead atoms. The highest BCUT2D eigenvalue weighted by Gasteiger charge is 2.34. The van der Waals surface area contributed by atoms with E-state index in [1.165, 1.54) is 28.6 Å². The molecule has 0 aromatic heterocycles. The van der Waals surface area contributed by atoms with Gasteiger partial charge in [-0.25, -0.2) is 8.42 Å². The summed E-state index contributed by atoms with van der Waals surface area (Å²) in [6.07, 6.45) is 1.30. The number of carbonyl (C=O) groups is 2. The first-order chi connectivity index (χ1) is 16.2. The minimum absolute atomic E-state index is 0.00462. The van der Waals surface area contributed by atoms with Gasteiger partial charge < -0.3 is 10.2 Å². The van der Waals surface area contributed by atoms with Crippen LogP contribution in [0, 0.1) is 24.2 Å². The molecule has 2 amide bonds. The number of sulfonamides is 1. The zero-order chi connectivity index (χ0) is 24.9. The minimum Gasteiger partial charge on any atom is -0.343 e. The SMILES string of the molecule is CCN(CC)C(=O)C1CCCN(S(=O)(=O)c2ccc(C(=O)Nc3ccc(C#N)cc3C)cc2)C1. The molecule has 0 radical (unpaired) electrons. The Labute approximate surface area is 201 Å². The molecule has 0 spiro atoms. The van der Waals surface area contributed by atoms with Gasteiger partial charge in [-0.05, 0) is 81.6 Å². The molecule has 1 atom stereocenters. The van der Waals surface area contributed by atoms with Gasteiger partial charge >= 0.3 is 0 Å². The number of nitriles is 1. The predicted octanol–water partition coefficient (Wildman–Crippen LogP) is 3.39. The minimum atomic E-state index is -3.78. The van der Waals surface area contributed by atoms with E-state index in [2.05, 4.69) is 11.4 Å². The molecule has 2 aromatic rings. The summed E-state index contributed by atoms with van der Waals surface area (Å²) in [7, 11) is -3.78. The van der Waals surface area contributed by atoms with E-state index in [0.29, 0.717) is 49.3 Å². The highest BCUT2D eigenvalue weighted by molar-refractivity contribution is 7.89. The van der Waals surface area contributed by atoms with Crippen molar-refractivity contribution in [3.8, 4) is 6.07 Å². The average molecular weight is 483 g/mol. The molecule has 1 unspecified atom stereocenters. The highest BCUT2D eigenvalue weighted by Crippen LogP contribution is 2.26. The van der Waals surface area contributed by atoms with Crippen LogP contribution in [0.15, 0.2) is 47.4 Å². The molecule has 0 aliphatic carbocycles. The molecule has 0 saturated carbocycles. The number of aryl methyl sites for hydroxylation is 1. The van der Waals surface area contributed by atoms with Crippen LogP contribution in [0.2, 0.25) is 0 Å². The third-order valence-electron chi connectivity index (χ3n) is 6.17. The van der Waals surface area contributed by atoms with Gasteiger partial charge in [0.15, 0.2) is 0 Å². The summed E-state index contributed by atoms with van der Waals surface area (Å²) in [5.74, 6) is -0.723. The number of piperidine rings is 1. The number of anilines is 1. The van der Waals surface area contributed by atoms with Crippen molar-refractivity contribution < 1.29 is 18.0 Å². The Morgan fingerprint density at radius 1 is 1.15 bits per heavy atom. The normalized spacial score (nSPS) is 16.5. The van der Waals surface area contributed by atoms with Gasteiger partial charge in [0, 0.05) is 37.4 Å². The van der Waals surface area contributed by atoms with Gasteiger partial charge in [-0.2, -0.15) is 9.57 Å². The van der Waals surface area contributed by atoms with Crippen molar-refractivity contribution >= 4 is 27.5 Å². The highest BCUT2D eigenvalue weighted by atomic mass is 32.2. The van der Waals surface area contributed by atoms with E-state index < -0.39 is 10.0 Å². The monoisotopic (exact) mass is 482 g/mol. The Morgan fingerprint density at radius 3 is 2.41 bits per heavy atom. The number of amides is 2. The van der Waals surface area contributed by atoms with Crippen molar-refractivity contribution in [2.24, 2.45) is 5.92 Å². The lowest BCUT2D eigenvalue weighted by molar-refractivity contribution is -0.136. The molecule has 1 heterocycles. The molecule has 1 N–H and O–H groups in total. The number of benzene rings is 2. The zero-order valence-electron chi connectivity index (χ0n) is 19.7. The first-order valence-corrected chi connectivity index (χ1v) is 12.9. The second-order valence-corrected chi connectivity index (χ2v) is 10.3. The first-order valence-electron chi connectivity index (χ1n) is 11.4. The number of hydrogen-bond donors (Lipinski definition) is 1. The summed E-state index contributed by atoms with van der Waals surface area (Å²) >= 11 is 0. The Balaban J connectivity index is 1.72. The summed E-state index contributed by atoms with van der Waals surface area (Å²) in [4.78, 5) is 27.2. The number of carbonyl (C=O) groups excluding carboxylic acids is 2. The maximum absolute atomic E-state index is 13.2. The lowest BCUT2D eigenvalue weighted by atomic mass is 9.98. The largest absolute Gasteiger partial charge is 0.343 e. The topological polar surface area (TPSA) is 111 Å². The fourth-order valence-electron chi connectivity index (χ4n) is 4.15. The standard InChI is InChI=1S/C25H30N4O4S/c1-4-28(5-2)25(31)21-7-6-14-29(17-21)34(32,33)22-11-9-20(10-12-22)24(30)27-23-13-8-19(16-26)15-18(23)3/h8-13,15,21H,4-7,14,17H2,1-3H3,(H,27,30). The van der Waals surface area contributed by atoms with E-state index in [0.717, 1.165) is 5.56 Å². The average Bonchev–Trinajstić information content (AvgIpc) is 2.86. The van der Waals surface area contributed by atoms with Crippen LogP contribution >= 0.6 is 0 Å². The third kappa shape index (κ3) is 5.46. The molecule has 1 aliphatic rings. The molecule has 8 nitrogen and oxygen atoms in total. The van der Waals surface area contributed by atoms with Gasteiger partial charge in [0.2, 0.25) is 15.9 Å². The van der Waals surface area contributed by atoms with Crippen LogP contribution in [0.25, 0.3) is 0 Å². The van der Waals surface area contributed by atoms with E-state index in [9.17, 15) is 18.0 Å². The van der Waals surface area contributed by atoms with Crippen molar-refractivity contribution in [2.75, 3.05) is 31.5 Å². The predicted molar refractivity (Wildman–Crippen MR) is 130 cm³/mol. The molecule has 34 heavy (non-hydrogen) atoms. The maximum atomic E-state index is 13.2. The van der Waals surface area contributed by atoms with Crippen molar-refractivity contribution in [2.45, 2.75) is 38.5 Å². The van der Waals surface area contributed by atoms with Crippen LogP contribution in [0.5, 0.6) is 0 Å². The quantitative estimate of drug-likeness (QED) is 0.650. The van der Waals surface area contributed by atoms with Gasteiger partial charge in [-0.15, -0.1) is 0 Å². The molecule has 1 aliphatic heterocycles. The Hall–Kier alpha value is -3.22. The van der Waals surface area contributed by atoms with Gasteiger partial charge in [0.05, 0.1) is 22.4 Å². The van der Waals surface area contributed by atoms with Crippen LogP contribution in [0.3, 0.4) is 0 Å². The smallest absolute Gasteiger partial charge is 0.255 e. The first kappa shape index (κ1) is 25.4. The van der Waals surface area contributed by atoms with Gasteiger partial charge in [0.1, 0.15) is 0 Å². The molecule has 3 rings (SSSR count). The van der Waals surface area contributed by atoms with Crippen LogP contribution in [-0.4, -0.2) is 55.6 Å². The summed E-state index contributed by atoms with van der Waals surface area (Å²) < 4.78 is 27.8. The van der Waals surface area contributed by atoms with Crippen LogP contribution < -0.4 is 5.32 Å². The number of hydrogen-bond acceptors (Lipinski definition) is 5. The third-order valence-corrected chi connectivity index (χ3v) is 8.05. The van der Waals surface area contributed by atoms with Crippen LogP contribution in [-0.2, 0) is 14.8 Å². The summed E-state index contributed by atoms with van der Waals surface area (Å²) in [5, 5.41) is 11.8. The van der Waals surface area contributed by atoms with Gasteiger partial charge in [0.25, 0.3) is 5.91 Å². The maximum Gasteiger partial charge on any atom is 0.255 e. The zero-order valence-corrected chi connectivity index (χ0v) is 20.6. The summed E-state index contributed by atoms with van der Waals surface area (Å²) in [6, 6.07) is 12.8. The lowest BCUT2D eigenvalue weighted by Gasteiger charge is -2.33.